The molecule has 0 spiro atoms. The van der Waals surface area contributed by atoms with Crippen LogP contribution in [0.25, 0.3) is 0 Å². The molecular formula is C18H20ClN. The second-order valence-electron chi connectivity index (χ2n) is 5.70. The summed E-state index contributed by atoms with van der Waals surface area (Å²) in [6, 6.07) is 17.0. The van der Waals surface area contributed by atoms with Crippen LogP contribution in [0.15, 0.2) is 48.5 Å². The van der Waals surface area contributed by atoms with E-state index in [0.29, 0.717) is 5.92 Å². The topological polar surface area (TPSA) is 26.0 Å². The standard InChI is InChI=1S/C18H20ClN/c19-15-8-3-5-13(11-15)12-18(20)17-10-4-7-14-6-1-2-9-16(14)17/h1-3,5-6,8-9,11,17-18H,4,7,10,12,20H2. The molecule has 0 aliphatic heterocycles. The molecule has 0 radical (unpaired) electrons. The van der Waals surface area contributed by atoms with Gasteiger partial charge in [-0.3, -0.25) is 0 Å². The summed E-state index contributed by atoms with van der Waals surface area (Å²) in [6.07, 6.45) is 4.51. The highest BCUT2D eigenvalue weighted by atomic mass is 35.5. The van der Waals surface area contributed by atoms with E-state index in [-0.39, 0.29) is 6.04 Å². The van der Waals surface area contributed by atoms with Crippen molar-refractivity contribution in [3.63, 3.8) is 0 Å². The van der Waals surface area contributed by atoms with Gasteiger partial charge >= 0.3 is 0 Å². The molecule has 0 aromatic heterocycles. The van der Waals surface area contributed by atoms with Crippen molar-refractivity contribution < 1.29 is 0 Å². The molecule has 0 saturated carbocycles. The predicted molar refractivity (Wildman–Crippen MR) is 85.3 cm³/mol. The highest BCUT2D eigenvalue weighted by molar-refractivity contribution is 6.30. The van der Waals surface area contributed by atoms with Gasteiger partial charge in [-0.05, 0) is 60.4 Å². The third kappa shape index (κ3) is 2.89. The van der Waals surface area contributed by atoms with E-state index < -0.39 is 0 Å². The molecule has 1 aliphatic carbocycles. The van der Waals surface area contributed by atoms with Crippen LogP contribution in [0, 0.1) is 0 Å². The van der Waals surface area contributed by atoms with Gasteiger partial charge in [0, 0.05) is 11.1 Å². The summed E-state index contributed by atoms with van der Waals surface area (Å²) >= 11 is 6.05. The van der Waals surface area contributed by atoms with Crippen LogP contribution in [-0.4, -0.2) is 6.04 Å². The fraction of sp³-hybridized carbons (Fsp3) is 0.333. The fourth-order valence-corrected chi connectivity index (χ4v) is 3.53. The molecular weight excluding hydrogens is 266 g/mol. The molecule has 1 nitrogen and oxygen atoms in total. The Kier molecular flexibility index (Phi) is 4.09. The van der Waals surface area contributed by atoms with Gasteiger partial charge in [-0.15, -0.1) is 0 Å². The molecule has 1 aliphatic rings. The van der Waals surface area contributed by atoms with Crippen molar-refractivity contribution in [3.05, 3.63) is 70.2 Å². The normalized spacial score (nSPS) is 19.4. The first-order chi connectivity index (χ1) is 9.74. The summed E-state index contributed by atoms with van der Waals surface area (Å²) in [5.74, 6) is 0.471. The Bertz CT molecular complexity index is 593. The van der Waals surface area contributed by atoms with Crippen LogP contribution in [0.3, 0.4) is 0 Å². The predicted octanol–water partition coefficient (Wildman–Crippen LogP) is 4.33. The number of benzene rings is 2. The first-order valence-corrected chi connectivity index (χ1v) is 7.69. The molecule has 3 rings (SSSR count). The lowest BCUT2D eigenvalue weighted by molar-refractivity contribution is 0.460. The van der Waals surface area contributed by atoms with Crippen LogP contribution in [0.2, 0.25) is 5.02 Å². The molecule has 2 aromatic carbocycles. The van der Waals surface area contributed by atoms with Crippen LogP contribution >= 0.6 is 11.6 Å². The Morgan fingerprint density at radius 3 is 2.85 bits per heavy atom. The Morgan fingerprint density at radius 1 is 1.15 bits per heavy atom. The number of aryl methyl sites for hydroxylation is 1. The van der Waals surface area contributed by atoms with E-state index in [0.717, 1.165) is 11.4 Å². The molecule has 104 valence electrons. The number of halogens is 1. The van der Waals surface area contributed by atoms with Gasteiger partial charge in [0.1, 0.15) is 0 Å². The summed E-state index contributed by atoms with van der Waals surface area (Å²) in [6.45, 7) is 0. The summed E-state index contributed by atoms with van der Waals surface area (Å²) in [4.78, 5) is 0. The number of rotatable bonds is 3. The zero-order chi connectivity index (χ0) is 13.9. The minimum atomic E-state index is 0.162. The Balaban J connectivity index is 1.80. The number of hydrogen-bond acceptors (Lipinski definition) is 1. The van der Waals surface area contributed by atoms with Gasteiger partial charge in [0.25, 0.3) is 0 Å². The van der Waals surface area contributed by atoms with Crippen molar-refractivity contribution in [3.8, 4) is 0 Å². The molecule has 0 saturated heterocycles. The fourth-order valence-electron chi connectivity index (χ4n) is 3.31. The third-order valence-electron chi connectivity index (χ3n) is 4.29. The highest BCUT2D eigenvalue weighted by Gasteiger charge is 2.25. The van der Waals surface area contributed by atoms with E-state index in [1.807, 2.05) is 18.2 Å². The molecule has 2 unspecified atom stereocenters. The lowest BCUT2D eigenvalue weighted by atomic mass is 9.77. The quantitative estimate of drug-likeness (QED) is 0.892. The highest BCUT2D eigenvalue weighted by Crippen LogP contribution is 2.34. The van der Waals surface area contributed by atoms with Gasteiger partial charge in [0.2, 0.25) is 0 Å². The van der Waals surface area contributed by atoms with Gasteiger partial charge in [-0.1, -0.05) is 48.0 Å². The van der Waals surface area contributed by atoms with Crippen molar-refractivity contribution in [1.82, 2.24) is 0 Å². The average Bonchev–Trinajstić information content (AvgIpc) is 2.46. The molecule has 0 bridgehead atoms. The van der Waals surface area contributed by atoms with Crippen molar-refractivity contribution >= 4 is 11.6 Å². The first kappa shape index (κ1) is 13.7. The second-order valence-corrected chi connectivity index (χ2v) is 6.13. The van der Waals surface area contributed by atoms with E-state index in [2.05, 4.69) is 30.3 Å². The van der Waals surface area contributed by atoms with Crippen molar-refractivity contribution in [2.24, 2.45) is 5.73 Å². The molecule has 0 heterocycles. The van der Waals surface area contributed by atoms with Crippen LogP contribution in [0.4, 0.5) is 0 Å². The Hall–Kier alpha value is -1.31. The van der Waals surface area contributed by atoms with Gasteiger partial charge in [0.05, 0.1) is 0 Å². The molecule has 2 atom stereocenters. The lowest BCUT2D eigenvalue weighted by Gasteiger charge is -2.30. The maximum absolute atomic E-state index is 6.50. The average molecular weight is 286 g/mol. The van der Waals surface area contributed by atoms with E-state index in [9.17, 15) is 0 Å². The molecule has 2 N–H and O–H groups in total. The minimum absolute atomic E-state index is 0.162. The number of fused-ring (bicyclic) bond motifs is 1. The molecule has 2 aromatic rings. The first-order valence-electron chi connectivity index (χ1n) is 7.32. The van der Waals surface area contributed by atoms with Crippen LogP contribution in [-0.2, 0) is 12.8 Å². The third-order valence-corrected chi connectivity index (χ3v) is 4.53. The summed E-state index contributed by atoms with van der Waals surface area (Å²) < 4.78 is 0. The molecule has 0 fully saturated rings. The maximum atomic E-state index is 6.50. The van der Waals surface area contributed by atoms with Gasteiger partial charge in [-0.25, -0.2) is 0 Å². The van der Waals surface area contributed by atoms with Crippen LogP contribution in [0.5, 0.6) is 0 Å². The van der Waals surface area contributed by atoms with Gasteiger partial charge in [0.15, 0.2) is 0 Å². The van der Waals surface area contributed by atoms with Crippen LogP contribution in [0.1, 0.15) is 35.4 Å². The van der Waals surface area contributed by atoms with Gasteiger partial charge in [-0.2, -0.15) is 0 Å². The van der Waals surface area contributed by atoms with E-state index in [1.165, 1.54) is 36.0 Å². The van der Waals surface area contributed by atoms with E-state index in [1.54, 1.807) is 0 Å². The Morgan fingerprint density at radius 2 is 2.00 bits per heavy atom. The van der Waals surface area contributed by atoms with Crippen molar-refractivity contribution in [1.29, 1.82) is 0 Å². The van der Waals surface area contributed by atoms with Crippen molar-refractivity contribution in [2.45, 2.75) is 37.6 Å². The molecule has 20 heavy (non-hydrogen) atoms. The SMILES string of the molecule is NC(Cc1cccc(Cl)c1)C1CCCc2ccccc21. The zero-order valence-corrected chi connectivity index (χ0v) is 12.3. The van der Waals surface area contributed by atoms with Gasteiger partial charge < -0.3 is 5.73 Å². The summed E-state index contributed by atoms with van der Waals surface area (Å²) in [5, 5.41) is 0.791. The van der Waals surface area contributed by atoms with Crippen molar-refractivity contribution in [2.75, 3.05) is 0 Å². The van der Waals surface area contributed by atoms with Crippen LogP contribution < -0.4 is 5.73 Å². The zero-order valence-electron chi connectivity index (χ0n) is 11.6. The maximum Gasteiger partial charge on any atom is 0.0408 e. The molecule has 0 amide bonds. The number of nitrogens with two attached hydrogens (primary N) is 1. The van der Waals surface area contributed by atoms with E-state index >= 15 is 0 Å². The summed E-state index contributed by atoms with van der Waals surface area (Å²) in [5.41, 5.74) is 10.7. The second kappa shape index (κ2) is 5.99. The monoisotopic (exact) mass is 285 g/mol. The van der Waals surface area contributed by atoms with E-state index in [4.69, 9.17) is 17.3 Å². The summed E-state index contributed by atoms with van der Waals surface area (Å²) in [7, 11) is 0. The molecule has 2 heteroatoms. The largest absolute Gasteiger partial charge is 0.327 e. The smallest absolute Gasteiger partial charge is 0.0408 e. The minimum Gasteiger partial charge on any atom is -0.327 e. The lowest BCUT2D eigenvalue weighted by Crippen LogP contribution is -2.33. The Labute approximate surface area is 125 Å². The number of hydrogen-bond donors (Lipinski definition) is 1.